The quantitative estimate of drug-likeness (QED) is 0.858. The molecule has 116 valence electrons. The third-order valence-corrected chi connectivity index (χ3v) is 6.34. The van der Waals surface area contributed by atoms with E-state index in [1.54, 1.807) is 4.31 Å². The summed E-state index contributed by atoms with van der Waals surface area (Å²) in [5, 5.41) is 0. The van der Waals surface area contributed by atoms with Crippen molar-refractivity contribution in [1.29, 1.82) is 0 Å². The van der Waals surface area contributed by atoms with Crippen LogP contribution in [0.5, 0.6) is 0 Å². The normalized spacial score (nSPS) is 24.2. The van der Waals surface area contributed by atoms with Crippen molar-refractivity contribution in [3.63, 3.8) is 0 Å². The van der Waals surface area contributed by atoms with E-state index in [0.717, 1.165) is 25.9 Å². The standard InChI is InChI=1S/C16H24N2O2S/c1-21(19,20)18-13-9-16(10-14-18,17-11-5-6-12-17)15-7-3-2-4-8-15/h2-4,7-8H,5-6,9-14H2,1H3. The first-order valence-electron chi connectivity index (χ1n) is 7.78. The maximum atomic E-state index is 11.8. The van der Waals surface area contributed by atoms with Crippen LogP contribution in [0.15, 0.2) is 30.3 Å². The van der Waals surface area contributed by atoms with Gasteiger partial charge in [-0.25, -0.2) is 12.7 Å². The van der Waals surface area contributed by atoms with Gasteiger partial charge in [0.25, 0.3) is 0 Å². The Balaban J connectivity index is 1.89. The van der Waals surface area contributed by atoms with Gasteiger partial charge < -0.3 is 0 Å². The fraction of sp³-hybridized carbons (Fsp3) is 0.625. The van der Waals surface area contributed by atoms with Crippen LogP contribution in [0.4, 0.5) is 0 Å². The van der Waals surface area contributed by atoms with Crippen LogP contribution in [-0.2, 0) is 15.6 Å². The fourth-order valence-electron chi connectivity index (χ4n) is 3.87. The average molecular weight is 308 g/mol. The first-order chi connectivity index (χ1) is 10.0. The van der Waals surface area contributed by atoms with Crippen molar-refractivity contribution in [2.75, 3.05) is 32.4 Å². The summed E-state index contributed by atoms with van der Waals surface area (Å²) in [6.45, 7) is 3.52. The minimum Gasteiger partial charge on any atom is -0.293 e. The van der Waals surface area contributed by atoms with E-state index in [4.69, 9.17) is 0 Å². The molecule has 2 aliphatic rings. The van der Waals surface area contributed by atoms with E-state index in [1.165, 1.54) is 24.7 Å². The second kappa shape index (κ2) is 5.71. The number of likely N-dealkylation sites (tertiary alicyclic amines) is 1. The smallest absolute Gasteiger partial charge is 0.211 e. The molecular formula is C16H24N2O2S. The van der Waals surface area contributed by atoms with Gasteiger partial charge >= 0.3 is 0 Å². The zero-order valence-corrected chi connectivity index (χ0v) is 13.5. The Morgan fingerprint density at radius 2 is 1.52 bits per heavy atom. The predicted octanol–water partition coefficient (Wildman–Crippen LogP) is 2.03. The molecule has 21 heavy (non-hydrogen) atoms. The van der Waals surface area contributed by atoms with Crippen LogP contribution in [0, 0.1) is 0 Å². The molecule has 0 N–H and O–H groups in total. The number of benzene rings is 1. The third kappa shape index (κ3) is 2.87. The lowest BCUT2D eigenvalue weighted by Crippen LogP contribution is -2.53. The summed E-state index contributed by atoms with van der Waals surface area (Å²) in [7, 11) is -3.07. The number of hydrogen-bond acceptors (Lipinski definition) is 3. The highest BCUT2D eigenvalue weighted by Gasteiger charge is 2.43. The van der Waals surface area contributed by atoms with Crippen LogP contribution in [0.1, 0.15) is 31.2 Å². The number of hydrogen-bond donors (Lipinski definition) is 0. The van der Waals surface area contributed by atoms with E-state index < -0.39 is 10.0 Å². The molecule has 0 aromatic heterocycles. The summed E-state index contributed by atoms with van der Waals surface area (Å²) in [6, 6.07) is 10.6. The van der Waals surface area contributed by atoms with Gasteiger partial charge in [0.15, 0.2) is 0 Å². The van der Waals surface area contributed by atoms with Crippen molar-refractivity contribution in [2.24, 2.45) is 0 Å². The van der Waals surface area contributed by atoms with Gasteiger partial charge in [-0.2, -0.15) is 0 Å². The maximum Gasteiger partial charge on any atom is 0.211 e. The first-order valence-corrected chi connectivity index (χ1v) is 9.63. The Labute approximate surface area is 127 Å². The van der Waals surface area contributed by atoms with E-state index >= 15 is 0 Å². The Hall–Kier alpha value is -0.910. The minimum atomic E-state index is -3.07. The van der Waals surface area contributed by atoms with Crippen molar-refractivity contribution in [1.82, 2.24) is 9.21 Å². The molecule has 2 saturated heterocycles. The SMILES string of the molecule is CS(=O)(=O)N1CCC(c2ccccc2)(N2CCCC2)CC1. The average Bonchev–Trinajstić information content (AvgIpc) is 3.02. The molecule has 5 heteroatoms. The van der Waals surface area contributed by atoms with Gasteiger partial charge in [0.2, 0.25) is 10.0 Å². The van der Waals surface area contributed by atoms with E-state index in [-0.39, 0.29) is 5.54 Å². The number of rotatable bonds is 3. The monoisotopic (exact) mass is 308 g/mol. The van der Waals surface area contributed by atoms with Crippen LogP contribution in [0.3, 0.4) is 0 Å². The number of nitrogens with zero attached hydrogens (tertiary/aromatic N) is 2. The zero-order valence-electron chi connectivity index (χ0n) is 12.7. The van der Waals surface area contributed by atoms with Gasteiger partial charge in [-0.15, -0.1) is 0 Å². The molecule has 0 radical (unpaired) electrons. The summed E-state index contributed by atoms with van der Waals surface area (Å²) >= 11 is 0. The molecule has 0 unspecified atom stereocenters. The predicted molar refractivity (Wildman–Crippen MR) is 84.6 cm³/mol. The summed E-state index contributed by atoms with van der Waals surface area (Å²) < 4.78 is 25.2. The molecular weight excluding hydrogens is 284 g/mol. The lowest BCUT2D eigenvalue weighted by Gasteiger charge is -2.47. The van der Waals surface area contributed by atoms with Gasteiger partial charge in [0.1, 0.15) is 0 Å². The molecule has 1 aromatic carbocycles. The Morgan fingerprint density at radius 3 is 2.05 bits per heavy atom. The Bertz CT molecular complexity index is 572. The van der Waals surface area contributed by atoms with E-state index in [9.17, 15) is 8.42 Å². The molecule has 0 spiro atoms. The molecule has 2 aliphatic heterocycles. The first kappa shape index (κ1) is 15.0. The molecule has 2 fully saturated rings. The highest BCUT2D eigenvalue weighted by molar-refractivity contribution is 7.88. The van der Waals surface area contributed by atoms with Crippen LogP contribution >= 0.6 is 0 Å². The molecule has 0 amide bonds. The van der Waals surface area contributed by atoms with E-state index in [1.807, 2.05) is 6.07 Å². The van der Waals surface area contributed by atoms with Crippen molar-refractivity contribution in [3.05, 3.63) is 35.9 Å². The molecule has 0 aliphatic carbocycles. The molecule has 3 rings (SSSR count). The van der Waals surface area contributed by atoms with Crippen LogP contribution < -0.4 is 0 Å². The van der Waals surface area contributed by atoms with Gasteiger partial charge in [0, 0.05) is 18.6 Å². The Kier molecular flexibility index (Phi) is 4.08. The van der Waals surface area contributed by atoms with Crippen molar-refractivity contribution in [2.45, 2.75) is 31.2 Å². The van der Waals surface area contributed by atoms with Gasteiger partial charge in [0.05, 0.1) is 6.26 Å². The van der Waals surface area contributed by atoms with Gasteiger partial charge in [-0.05, 0) is 44.3 Å². The summed E-state index contributed by atoms with van der Waals surface area (Å²) in [4.78, 5) is 2.59. The van der Waals surface area contributed by atoms with Crippen LogP contribution in [-0.4, -0.2) is 50.1 Å². The third-order valence-electron chi connectivity index (χ3n) is 5.04. The molecule has 4 nitrogen and oxygen atoms in total. The van der Waals surface area contributed by atoms with Crippen LogP contribution in [0.2, 0.25) is 0 Å². The van der Waals surface area contributed by atoms with Crippen LogP contribution in [0.25, 0.3) is 0 Å². The minimum absolute atomic E-state index is 0.0267. The largest absolute Gasteiger partial charge is 0.293 e. The number of sulfonamides is 1. The van der Waals surface area contributed by atoms with E-state index in [0.29, 0.717) is 13.1 Å². The topological polar surface area (TPSA) is 40.6 Å². The van der Waals surface area contributed by atoms with Gasteiger partial charge in [-0.3, -0.25) is 4.90 Å². The molecule has 1 aromatic rings. The number of piperidine rings is 1. The van der Waals surface area contributed by atoms with Crippen molar-refractivity contribution >= 4 is 10.0 Å². The summed E-state index contributed by atoms with van der Waals surface area (Å²) in [5.41, 5.74) is 1.37. The molecule has 0 saturated carbocycles. The zero-order chi connectivity index (χ0) is 14.9. The maximum absolute atomic E-state index is 11.8. The molecule has 2 heterocycles. The van der Waals surface area contributed by atoms with Crippen molar-refractivity contribution in [3.8, 4) is 0 Å². The highest BCUT2D eigenvalue weighted by atomic mass is 32.2. The Morgan fingerprint density at radius 1 is 0.952 bits per heavy atom. The lowest BCUT2D eigenvalue weighted by molar-refractivity contribution is 0.0574. The van der Waals surface area contributed by atoms with Gasteiger partial charge in [-0.1, -0.05) is 30.3 Å². The molecule has 0 bridgehead atoms. The van der Waals surface area contributed by atoms with Crippen molar-refractivity contribution < 1.29 is 8.42 Å². The second-order valence-corrected chi connectivity index (χ2v) is 8.24. The highest BCUT2D eigenvalue weighted by Crippen LogP contribution is 2.41. The summed E-state index contributed by atoms with van der Waals surface area (Å²) in [6.07, 6.45) is 5.61. The summed E-state index contributed by atoms with van der Waals surface area (Å²) in [5.74, 6) is 0. The molecule has 0 atom stereocenters. The fourth-order valence-corrected chi connectivity index (χ4v) is 4.71. The second-order valence-electron chi connectivity index (χ2n) is 6.25. The van der Waals surface area contributed by atoms with E-state index in [2.05, 4.69) is 29.2 Å². The lowest BCUT2D eigenvalue weighted by atomic mass is 9.80.